The average molecular weight is 1920 g/mol. The minimum absolute atomic E-state index is 0. The van der Waals surface area contributed by atoms with Crippen LogP contribution in [0.4, 0.5) is 105 Å². The van der Waals surface area contributed by atoms with Gasteiger partial charge in [0.25, 0.3) is 0 Å². The minimum atomic E-state index is -4.95. The van der Waals surface area contributed by atoms with Crippen molar-refractivity contribution in [3.05, 3.63) is 161 Å². The maximum absolute atomic E-state index is 12.0. The first-order valence-electron chi connectivity index (χ1n) is 21.0. The van der Waals surface area contributed by atoms with Crippen LogP contribution in [0.25, 0.3) is 43.6 Å². The fourth-order valence-electron chi connectivity index (χ4n) is 6.01. The molecule has 0 aliphatic heterocycles. The molecule has 0 saturated heterocycles. The maximum Gasteiger partial charge on any atom is 1.00 e. The van der Waals surface area contributed by atoms with Crippen molar-refractivity contribution in [2.45, 2.75) is 49.4 Å². The Balaban J connectivity index is 0.000000523. The molecule has 0 amide bonds. The topological polar surface area (TPSA) is 160 Å². The van der Waals surface area contributed by atoms with Gasteiger partial charge >= 0.3 is 139 Å². The fourth-order valence-corrected chi connectivity index (χ4v) is 8.44. The molecule has 10 aromatic rings. The second-order valence-corrected chi connectivity index (χ2v) is 18.4. The Morgan fingerprint density at radius 3 is 0.523 bits per heavy atom. The van der Waals surface area contributed by atoms with E-state index in [0.29, 0.717) is 0 Å². The zero-order chi connectivity index (χ0) is 63.3. The normalized spacial score (nSPS) is 12.0. The molecule has 88 heavy (non-hydrogen) atoms. The second-order valence-electron chi connectivity index (χ2n) is 15.3. The van der Waals surface area contributed by atoms with Gasteiger partial charge in [-0.2, -0.15) is 105 Å². The molecular formula is C44H16Ag4Br4F24N12. The van der Waals surface area contributed by atoms with E-state index in [1.165, 1.54) is 0 Å². The van der Waals surface area contributed by atoms with Gasteiger partial charge in [-0.25, -0.2) is 0 Å². The van der Waals surface area contributed by atoms with E-state index in [9.17, 15) is 105 Å². The Hall–Kier alpha value is -3.88. The molecule has 0 radical (unpaired) electrons. The van der Waals surface area contributed by atoms with Crippen LogP contribution in [0.1, 0.15) is 45.6 Å². The van der Waals surface area contributed by atoms with Crippen molar-refractivity contribution >= 4 is 107 Å². The second kappa shape index (κ2) is 32.1. The molecule has 2 aromatic carbocycles. The quantitative estimate of drug-likeness (QED) is 0.0804. The molecule has 0 saturated carbocycles. The first kappa shape index (κ1) is 82.1. The third kappa shape index (κ3) is 21.6. The van der Waals surface area contributed by atoms with E-state index < -0.39 is 113 Å². The van der Waals surface area contributed by atoms with Crippen molar-refractivity contribution in [1.29, 1.82) is 0 Å². The Labute approximate surface area is 568 Å². The molecule has 8 heterocycles. The molecule has 44 heteroatoms. The van der Waals surface area contributed by atoms with Crippen molar-refractivity contribution in [3.8, 4) is 0 Å². The smallest absolute Gasteiger partial charge is 0.570 e. The number of aromatic nitrogens is 12. The number of pyridine rings is 4. The largest absolute Gasteiger partial charge is 1.00 e. The molecule has 12 nitrogen and oxygen atoms in total. The fraction of sp³-hybridized carbons (Fsp3) is 0.182. The molecular weight excluding hydrogens is 1900 g/mol. The molecule has 0 aliphatic carbocycles. The number of benzene rings is 2. The summed E-state index contributed by atoms with van der Waals surface area (Å²) < 4.78 is 282. The molecule has 0 unspecified atom stereocenters. The zero-order valence-corrected chi connectivity index (χ0v) is 52.7. The Morgan fingerprint density at radius 2 is 0.409 bits per heavy atom. The van der Waals surface area contributed by atoms with E-state index in [2.05, 4.69) is 173 Å². The molecule has 0 aliphatic rings. The predicted molar refractivity (Wildman–Crippen MR) is 255 cm³/mol. The number of alkyl halides is 24. The first-order chi connectivity index (χ1) is 38.5. The van der Waals surface area contributed by atoms with Crippen molar-refractivity contribution < 1.29 is 195 Å². The molecule has 0 atom stereocenters. The van der Waals surface area contributed by atoms with Crippen LogP contribution < -0.4 is 20.4 Å². The van der Waals surface area contributed by atoms with Gasteiger partial charge in [0, 0.05) is 64.2 Å². The number of nitrogens with zero attached hydrogens (tertiary/aromatic N) is 12. The van der Waals surface area contributed by atoms with E-state index >= 15 is 0 Å². The SMILES string of the molecule is FC(F)(F)c1n[n-]c(C(F)(F)F)c1Br.FC(F)(F)c1n[n-]c(C(F)(F)F)c1Br.FC(F)(F)c1n[n-]c(C(F)(F)F)c1Br.FC(F)(F)c1n[n-]c(C(F)(F)F)c1Br.[Ag+].[Ag+].[Ag+].[Ag+].c1cnc2c(c1)ccc1cccnc12.c1cnc2c(c1)ccc1cccnc12. The van der Waals surface area contributed by atoms with E-state index in [1.807, 2.05) is 24.3 Å². The summed E-state index contributed by atoms with van der Waals surface area (Å²) in [7, 11) is 0. The molecule has 0 spiro atoms. The van der Waals surface area contributed by atoms with Gasteiger partial charge in [-0.1, -0.05) is 48.5 Å². The van der Waals surface area contributed by atoms with Gasteiger partial charge in [0.2, 0.25) is 0 Å². The van der Waals surface area contributed by atoms with Crippen LogP contribution >= 0.6 is 63.7 Å². The van der Waals surface area contributed by atoms with Crippen LogP contribution in [0.5, 0.6) is 0 Å². The molecule has 492 valence electrons. The van der Waals surface area contributed by atoms with Gasteiger partial charge in [-0.3, -0.25) is 19.9 Å². The maximum atomic E-state index is 12.0. The third-order valence-electron chi connectivity index (χ3n) is 9.50. The van der Waals surface area contributed by atoms with Crippen LogP contribution in [0.15, 0.2) is 115 Å². The van der Waals surface area contributed by atoms with E-state index in [1.54, 1.807) is 24.8 Å². The molecule has 0 fully saturated rings. The van der Waals surface area contributed by atoms with E-state index in [-0.39, 0.29) is 89.5 Å². The zero-order valence-electron chi connectivity index (χ0n) is 40.4. The predicted octanol–water partition coefficient (Wildman–Crippen LogP) is 16.9. The van der Waals surface area contributed by atoms with Gasteiger partial charge in [-0.05, 0) is 111 Å². The summed E-state index contributed by atoms with van der Waals surface area (Å²) in [6, 6.07) is 24.3. The summed E-state index contributed by atoms with van der Waals surface area (Å²) >= 11 is 8.63. The van der Waals surface area contributed by atoms with Gasteiger partial charge in [-0.15, -0.1) is 0 Å². The number of hydrogen-bond acceptors (Lipinski definition) is 8. The van der Waals surface area contributed by atoms with Crippen molar-refractivity contribution in [3.63, 3.8) is 0 Å². The van der Waals surface area contributed by atoms with Crippen molar-refractivity contribution in [2.24, 2.45) is 0 Å². The van der Waals surface area contributed by atoms with Crippen LogP contribution in [0, 0.1) is 0 Å². The third-order valence-corrected chi connectivity index (χ3v) is 12.5. The Morgan fingerprint density at radius 1 is 0.250 bits per heavy atom. The van der Waals surface area contributed by atoms with Crippen molar-refractivity contribution in [2.75, 3.05) is 0 Å². The summed E-state index contributed by atoms with van der Waals surface area (Å²) in [5.41, 5.74) is -9.50. The van der Waals surface area contributed by atoms with Gasteiger partial charge < -0.3 is 40.8 Å². The summed E-state index contributed by atoms with van der Waals surface area (Å²) in [5, 5.41) is 23.8. The standard InChI is InChI=1S/2C12H8N2.4C5BrF6N2.4Ag/c2*1-3-9-5-6-10-4-2-8-14-12(10)11(9)13-7-1;4*6-1-2(4(7,8)9)13-14-3(1)5(10,11)12;;;;/h2*1-8H;;;;;;;;/q;;4*-1;4*+1. The summed E-state index contributed by atoms with van der Waals surface area (Å²) in [6.45, 7) is 0. The van der Waals surface area contributed by atoms with Crippen molar-refractivity contribution in [1.82, 2.24) is 60.7 Å². The van der Waals surface area contributed by atoms with E-state index in [0.717, 1.165) is 43.6 Å². The molecule has 0 bridgehead atoms. The Kier molecular flexibility index (Phi) is 30.0. The Bertz CT molecular complexity index is 3240. The number of halogens is 28. The minimum Gasteiger partial charge on any atom is -0.570 e. The number of fused-ring (bicyclic) bond motifs is 6. The van der Waals surface area contributed by atoms with Gasteiger partial charge in [0.1, 0.15) is 22.8 Å². The van der Waals surface area contributed by atoms with Crippen LogP contribution in [-0.2, 0) is 139 Å². The van der Waals surface area contributed by atoms with E-state index in [4.69, 9.17) is 0 Å². The first-order valence-corrected chi connectivity index (χ1v) is 24.1. The van der Waals surface area contributed by atoms with Crippen LogP contribution in [0.2, 0.25) is 0 Å². The monoisotopic (exact) mass is 1910 g/mol. The molecule has 8 aromatic heterocycles. The summed E-state index contributed by atoms with van der Waals surface area (Å²) in [4.78, 5) is 17.4. The molecule has 10 rings (SSSR count). The van der Waals surface area contributed by atoms with Gasteiger partial charge in [0.15, 0.2) is 0 Å². The summed E-state index contributed by atoms with van der Waals surface area (Å²) in [6.07, 6.45) is -32.4. The average Bonchev–Trinajstić information content (AvgIpc) is 1.74. The van der Waals surface area contributed by atoms with Crippen LogP contribution in [0.3, 0.4) is 0 Å². The van der Waals surface area contributed by atoms with Gasteiger partial charge in [0.05, 0.1) is 22.1 Å². The summed E-state index contributed by atoms with van der Waals surface area (Å²) in [5.74, 6) is 0. The van der Waals surface area contributed by atoms with Crippen LogP contribution in [-0.4, -0.2) is 40.3 Å². The molecule has 0 N–H and O–H groups in total. The number of hydrogen-bond donors (Lipinski definition) is 0. The number of rotatable bonds is 0.